The van der Waals surface area contributed by atoms with Gasteiger partial charge in [0.15, 0.2) is 0 Å². The highest BCUT2D eigenvalue weighted by molar-refractivity contribution is 6.31. The largest absolute Gasteiger partial charge is 0.343 e. The number of para-hydroxylation sites is 1. The molecule has 0 aliphatic carbocycles. The molecule has 24 heavy (non-hydrogen) atoms. The molecule has 0 aliphatic rings. The van der Waals surface area contributed by atoms with Crippen molar-refractivity contribution >= 4 is 22.5 Å². The highest BCUT2D eigenvalue weighted by Crippen LogP contribution is 2.24. The predicted molar refractivity (Wildman–Crippen MR) is 103 cm³/mol. The summed E-state index contributed by atoms with van der Waals surface area (Å²) in [5, 5.41) is 5.66. The van der Waals surface area contributed by atoms with Crippen molar-refractivity contribution in [3.8, 4) is 0 Å². The Kier molecular flexibility index (Phi) is 5.56. The Morgan fingerprint density at radius 2 is 1.75 bits per heavy atom. The number of hydrogen-bond donors (Lipinski definition) is 1. The number of aromatic nitrogens is 1. The molecule has 0 aliphatic heterocycles. The van der Waals surface area contributed by atoms with Crippen molar-refractivity contribution in [3.63, 3.8) is 0 Å². The summed E-state index contributed by atoms with van der Waals surface area (Å²) in [4.78, 5) is 2.19. The lowest BCUT2D eigenvalue weighted by molar-refractivity contribution is 0.400. The van der Waals surface area contributed by atoms with Gasteiger partial charge >= 0.3 is 0 Å². The number of fused-ring (bicyclic) bond motifs is 1. The highest BCUT2D eigenvalue weighted by atomic mass is 35.5. The van der Waals surface area contributed by atoms with Crippen LogP contribution in [0.25, 0.3) is 10.9 Å². The number of rotatable bonds is 7. The van der Waals surface area contributed by atoms with E-state index >= 15 is 0 Å². The number of halogens is 1. The van der Waals surface area contributed by atoms with Gasteiger partial charge in [-0.1, -0.05) is 48.0 Å². The maximum atomic E-state index is 6.33. The molecule has 4 heteroatoms. The van der Waals surface area contributed by atoms with E-state index in [9.17, 15) is 0 Å². The molecule has 126 valence electrons. The third-order valence-electron chi connectivity index (χ3n) is 4.22. The van der Waals surface area contributed by atoms with E-state index in [0.717, 1.165) is 36.8 Å². The summed E-state index contributed by atoms with van der Waals surface area (Å²) in [6, 6.07) is 16.6. The Hall–Kier alpha value is -1.81. The molecule has 0 bridgehead atoms. The number of nitrogens with zero attached hydrogens (tertiary/aromatic N) is 2. The van der Waals surface area contributed by atoms with Crippen LogP contribution in [0.4, 0.5) is 0 Å². The first-order valence-electron chi connectivity index (χ1n) is 8.31. The van der Waals surface area contributed by atoms with E-state index in [1.165, 1.54) is 16.5 Å². The maximum Gasteiger partial charge on any atom is 0.0491 e. The predicted octanol–water partition coefficient (Wildman–Crippen LogP) is 3.99. The minimum absolute atomic E-state index is 0.790. The Balaban J connectivity index is 1.82. The number of likely N-dealkylation sites (N-methyl/N-ethyl adjacent to an activating group) is 1. The van der Waals surface area contributed by atoms with Gasteiger partial charge in [-0.15, -0.1) is 0 Å². The molecular weight excluding hydrogens is 318 g/mol. The van der Waals surface area contributed by atoms with Gasteiger partial charge in [-0.05, 0) is 37.4 Å². The third-order valence-corrected chi connectivity index (χ3v) is 4.59. The second-order valence-electron chi connectivity index (χ2n) is 6.37. The molecule has 2 aromatic carbocycles. The fourth-order valence-electron chi connectivity index (χ4n) is 2.93. The van der Waals surface area contributed by atoms with Crippen LogP contribution >= 0.6 is 11.6 Å². The van der Waals surface area contributed by atoms with Gasteiger partial charge in [0.25, 0.3) is 0 Å². The van der Waals surface area contributed by atoms with Crippen molar-refractivity contribution in [2.45, 2.75) is 13.1 Å². The Bertz CT molecular complexity index is 808. The van der Waals surface area contributed by atoms with Gasteiger partial charge in [0.05, 0.1) is 0 Å². The van der Waals surface area contributed by atoms with Crippen molar-refractivity contribution < 1.29 is 0 Å². The maximum absolute atomic E-state index is 6.33. The molecule has 1 N–H and O–H groups in total. The van der Waals surface area contributed by atoms with Gasteiger partial charge in [-0.25, -0.2) is 0 Å². The van der Waals surface area contributed by atoms with Gasteiger partial charge < -0.3 is 14.8 Å². The van der Waals surface area contributed by atoms with E-state index in [4.69, 9.17) is 11.6 Å². The molecule has 0 saturated heterocycles. The van der Waals surface area contributed by atoms with E-state index in [1.54, 1.807) is 0 Å². The van der Waals surface area contributed by atoms with Gasteiger partial charge in [0, 0.05) is 48.3 Å². The Morgan fingerprint density at radius 1 is 1.00 bits per heavy atom. The third kappa shape index (κ3) is 3.99. The minimum atomic E-state index is 0.790. The van der Waals surface area contributed by atoms with E-state index in [2.05, 4.69) is 65.4 Å². The van der Waals surface area contributed by atoms with Crippen LogP contribution in [0.1, 0.15) is 11.1 Å². The molecule has 0 amide bonds. The van der Waals surface area contributed by atoms with Crippen LogP contribution in [0.15, 0.2) is 54.7 Å². The molecule has 0 saturated carbocycles. The lowest BCUT2D eigenvalue weighted by Gasteiger charge is -2.09. The van der Waals surface area contributed by atoms with Crippen molar-refractivity contribution in [1.82, 2.24) is 14.8 Å². The van der Waals surface area contributed by atoms with Gasteiger partial charge in [0.2, 0.25) is 0 Å². The average Bonchev–Trinajstić information content (AvgIpc) is 2.92. The van der Waals surface area contributed by atoms with Gasteiger partial charge in [0.1, 0.15) is 0 Å². The van der Waals surface area contributed by atoms with E-state index in [1.807, 2.05) is 18.2 Å². The van der Waals surface area contributed by atoms with Crippen molar-refractivity contribution in [3.05, 3.63) is 70.9 Å². The molecule has 0 fully saturated rings. The minimum Gasteiger partial charge on any atom is -0.343 e. The van der Waals surface area contributed by atoms with E-state index in [0.29, 0.717) is 0 Å². The fraction of sp³-hybridized carbons (Fsp3) is 0.300. The summed E-state index contributed by atoms with van der Waals surface area (Å²) in [6.45, 7) is 3.69. The van der Waals surface area contributed by atoms with Crippen LogP contribution in [0.2, 0.25) is 5.02 Å². The molecule has 1 heterocycles. The highest BCUT2D eigenvalue weighted by Gasteiger charge is 2.09. The molecule has 0 unspecified atom stereocenters. The monoisotopic (exact) mass is 341 g/mol. The summed E-state index contributed by atoms with van der Waals surface area (Å²) in [7, 11) is 4.19. The Morgan fingerprint density at radius 3 is 2.54 bits per heavy atom. The fourth-order valence-corrected chi connectivity index (χ4v) is 3.13. The molecule has 0 radical (unpaired) electrons. The summed E-state index contributed by atoms with van der Waals surface area (Å²) in [6.07, 6.45) is 2.25. The van der Waals surface area contributed by atoms with Crippen LogP contribution < -0.4 is 5.32 Å². The molecular formula is C20H24ClN3. The zero-order valence-corrected chi connectivity index (χ0v) is 15.1. The molecule has 1 aromatic heterocycles. The van der Waals surface area contributed by atoms with Gasteiger partial charge in [-0.3, -0.25) is 0 Å². The normalized spacial score (nSPS) is 11.5. The summed E-state index contributed by atoms with van der Waals surface area (Å²) < 4.78 is 2.29. The second-order valence-corrected chi connectivity index (χ2v) is 6.78. The van der Waals surface area contributed by atoms with E-state index < -0.39 is 0 Å². The van der Waals surface area contributed by atoms with Crippen LogP contribution in [0, 0.1) is 0 Å². The van der Waals surface area contributed by atoms with Crippen LogP contribution in [0.3, 0.4) is 0 Å². The second kappa shape index (κ2) is 7.84. The van der Waals surface area contributed by atoms with Crippen LogP contribution in [-0.2, 0) is 13.1 Å². The quantitative estimate of drug-likeness (QED) is 0.656. The summed E-state index contributed by atoms with van der Waals surface area (Å²) in [5.74, 6) is 0. The summed E-state index contributed by atoms with van der Waals surface area (Å²) >= 11 is 6.33. The summed E-state index contributed by atoms with van der Waals surface area (Å²) in [5.41, 5.74) is 3.73. The molecule has 3 nitrogen and oxygen atoms in total. The number of nitrogens with one attached hydrogen (secondary N) is 1. The smallest absolute Gasteiger partial charge is 0.0491 e. The topological polar surface area (TPSA) is 20.2 Å². The molecule has 0 spiro atoms. The van der Waals surface area contributed by atoms with E-state index in [-0.39, 0.29) is 0 Å². The number of hydrogen-bond acceptors (Lipinski definition) is 2. The molecule has 3 aromatic rings. The Labute approximate surface area is 148 Å². The van der Waals surface area contributed by atoms with Crippen LogP contribution in [-0.4, -0.2) is 36.7 Å². The molecule has 3 rings (SSSR count). The lowest BCUT2D eigenvalue weighted by Crippen LogP contribution is -2.26. The van der Waals surface area contributed by atoms with Crippen LogP contribution in [0.5, 0.6) is 0 Å². The SMILES string of the molecule is CN(C)CCNCc1cn(Cc2ccccc2Cl)c2ccccc12. The van der Waals surface area contributed by atoms with Crippen molar-refractivity contribution in [2.75, 3.05) is 27.2 Å². The van der Waals surface area contributed by atoms with Gasteiger partial charge in [-0.2, -0.15) is 0 Å². The standard InChI is InChI=1S/C20H24ClN3/c1-23(2)12-11-22-13-17-15-24(20-10-6-4-8-18(17)20)14-16-7-3-5-9-19(16)21/h3-10,15,22H,11-14H2,1-2H3. The van der Waals surface area contributed by atoms with Crippen molar-refractivity contribution in [1.29, 1.82) is 0 Å². The molecule has 0 atom stereocenters. The van der Waals surface area contributed by atoms with Crippen molar-refractivity contribution in [2.24, 2.45) is 0 Å². The number of benzene rings is 2. The first kappa shape index (κ1) is 17.0. The zero-order valence-electron chi connectivity index (χ0n) is 14.3. The first-order valence-corrected chi connectivity index (χ1v) is 8.68. The average molecular weight is 342 g/mol. The lowest BCUT2D eigenvalue weighted by atomic mass is 10.2. The first-order chi connectivity index (χ1) is 11.6. The zero-order chi connectivity index (χ0) is 16.9.